The summed E-state index contributed by atoms with van der Waals surface area (Å²) in [5.41, 5.74) is 5.38. The van der Waals surface area contributed by atoms with Gasteiger partial charge in [0, 0.05) is 31.2 Å². The van der Waals surface area contributed by atoms with Crippen LogP contribution in [0.5, 0.6) is 0 Å². The first-order valence-electron chi connectivity index (χ1n) is 11.4. The Bertz CT molecular complexity index is 1140. The van der Waals surface area contributed by atoms with E-state index in [9.17, 15) is 9.59 Å². The zero-order valence-corrected chi connectivity index (χ0v) is 20.7. The zero-order valence-electron chi connectivity index (χ0n) is 19.8. The Balaban J connectivity index is 1.93. The number of rotatable bonds is 10. The first kappa shape index (κ1) is 24.8. The number of hydrogen-bond acceptors (Lipinski definition) is 4. The van der Waals surface area contributed by atoms with Crippen LogP contribution in [0.3, 0.4) is 0 Å². The Hall–Kier alpha value is -2.80. The topological polar surface area (TPSA) is 84.2 Å². The minimum absolute atomic E-state index is 0.0245. The van der Waals surface area contributed by atoms with Crippen LogP contribution in [0.2, 0.25) is 0 Å². The molecule has 1 amide bonds. The molecule has 0 saturated carbocycles. The van der Waals surface area contributed by atoms with E-state index in [1.54, 1.807) is 12.1 Å². The predicted octanol–water partition coefficient (Wildman–Crippen LogP) is 4.86. The quantitative estimate of drug-likeness (QED) is 0.372. The molecular formula is C26H33N3O3S. The second-order valence-corrected chi connectivity index (χ2v) is 9.26. The molecule has 0 fully saturated rings. The van der Waals surface area contributed by atoms with E-state index in [1.807, 2.05) is 32.9 Å². The van der Waals surface area contributed by atoms with Gasteiger partial charge < -0.3 is 15.0 Å². The molecule has 1 unspecified atom stereocenters. The summed E-state index contributed by atoms with van der Waals surface area (Å²) in [6, 6.07) is 11.2. The maximum Gasteiger partial charge on any atom is 0.335 e. The molecule has 0 spiro atoms. The van der Waals surface area contributed by atoms with Crippen molar-refractivity contribution in [3.63, 3.8) is 0 Å². The van der Waals surface area contributed by atoms with Gasteiger partial charge in [-0.05, 0) is 54.2 Å². The Kier molecular flexibility index (Phi) is 8.19. The summed E-state index contributed by atoms with van der Waals surface area (Å²) < 4.78 is 2.21. The number of aromatic nitrogens is 2. The number of aromatic carboxylic acids is 1. The second kappa shape index (κ2) is 10.9. The maximum atomic E-state index is 12.6. The molecule has 7 heteroatoms. The highest BCUT2D eigenvalue weighted by molar-refractivity contribution is 7.80. The summed E-state index contributed by atoms with van der Waals surface area (Å²) in [5.74, 6) is 0.743. The van der Waals surface area contributed by atoms with Gasteiger partial charge in [-0.3, -0.25) is 4.79 Å². The van der Waals surface area contributed by atoms with Gasteiger partial charge in [0.05, 0.1) is 16.6 Å². The van der Waals surface area contributed by atoms with Crippen molar-refractivity contribution in [2.24, 2.45) is 11.8 Å². The van der Waals surface area contributed by atoms with Crippen molar-refractivity contribution in [1.82, 2.24) is 14.9 Å². The highest BCUT2D eigenvalue weighted by Gasteiger charge is 2.20. The van der Waals surface area contributed by atoms with E-state index in [1.165, 1.54) is 0 Å². The number of aryl methyl sites for hydroxylation is 2. The van der Waals surface area contributed by atoms with E-state index >= 15 is 0 Å². The van der Waals surface area contributed by atoms with Crippen LogP contribution in [0.25, 0.3) is 11.0 Å². The molecule has 0 radical (unpaired) electrons. The number of amides is 1. The van der Waals surface area contributed by atoms with Gasteiger partial charge in [0.15, 0.2) is 0 Å². The normalized spacial score (nSPS) is 12.3. The van der Waals surface area contributed by atoms with Gasteiger partial charge in [-0.1, -0.05) is 39.0 Å². The second-order valence-electron chi connectivity index (χ2n) is 8.90. The van der Waals surface area contributed by atoms with Crippen molar-refractivity contribution in [3.05, 3.63) is 64.5 Å². The molecule has 2 N–H and O–H groups in total. The standard InChI is InChI=1S/C26H33N3O3S/c1-5-6-23-28-24-17(4)11-19(13-27-25(30)21(15-33)16(2)3)12-22(24)29(23)14-18-7-9-20(10-8-18)26(31)32/h7-12,16,21,33H,5-6,13-15H2,1-4H3,(H,27,30)(H,31,32). The number of carbonyl (C=O) groups is 2. The number of carboxylic acids is 1. The molecule has 6 nitrogen and oxygen atoms in total. The lowest BCUT2D eigenvalue weighted by Gasteiger charge is -2.18. The van der Waals surface area contributed by atoms with Gasteiger partial charge in [-0.15, -0.1) is 0 Å². The van der Waals surface area contributed by atoms with E-state index in [4.69, 9.17) is 10.1 Å². The van der Waals surface area contributed by atoms with Gasteiger partial charge in [0.1, 0.15) is 5.82 Å². The smallest absolute Gasteiger partial charge is 0.335 e. The minimum Gasteiger partial charge on any atom is -0.478 e. The highest BCUT2D eigenvalue weighted by atomic mass is 32.1. The van der Waals surface area contributed by atoms with Crippen molar-refractivity contribution in [2.75, 3.05) is 5.75 Å². The minimum atomic E-state index is -0.929. The number of carboxylic acid groups (broad SMARTS) is 1. The zero-order chi connectivity index (χ0) is 24.1. The Labute approximate surface area is 200 Å². The SMILES string of the molecule is CCCc1nc2c(C)cc(CNC(=O)C(CS)C(C)C)cc2n1Cc1ccc(C(=O)O)cc1. The van der Waals surface area contributed by atoms with Crippen molar-refractivity contribution < 1.29 is 14.7 Å². The molecule has 3 aromatic rings. The first-order chi connectivity index (χ1) is 15.7. The van der Waals surface area contributed by atoms with Crippen molar-refractivity contribution in [2.45, 2.75) is 53.6 Å². The van der Waals surface area contributed by atoms with E-state index in [-0.39, 0.29) is 23.3 Å². The average Bonchev–Trinajstić information content (AvgIpc) is 3.11. The fourth-order valence-electron chi connectivity index (χ4n) is 4.06. The van der Waals surface area contributed by atoms with Gasteiger partial charge in [0.2, 0.25) is 5.91 Å². The van der Waals surface area contributed by atoms with Gasteiger partial charge >= 0.3 is 5.97 Å². The van der Waals surface area contributed by atoms with Crippen LogP contribution >= 0.6 is 12.6 Å². The first-order valence-corrected chi connectivity index (χ1v) is 12.1. The van der Waals surface area contributed by atoms with Crippen LogP contribution in [-0.2, 0) is 24.3 Å². The maximum absolute atomic E-state index is 12.6. The molecule has 33 heavy (non-hydrogen) atoms. The summed E-state index contributed by atoms with van der Waals surface area (Å²) >= 11 is 4.34. The Morgan fingerprint density at radius 3 is 2.42 bits per heavy atom. The predicted molar refractivity (Wildman–Crippen MR) is 135 cm³/mol. The van der Waals surface area contributed by atoms with Crippen LogP contribution < -0.4 is 5.32 Å². The molecule has 2 aromatic carbocycles. The third-order valence-corrected chi connectivity index (χ3v) is 6.40. The summed E-state index contributed by atoms with van der Waals surface area (Å²) in [7, 11) is 0. The largest absolute Gasteiger partial charge is 0.478 e. The van der Waals surface area contributed by atoms with Crippen LogP contribution in [0.4, 0.5) is 0 Å². The number of nitrogens with zero attached hydrogens (tertiary/aromatic N) is 2. The molecule has 0 saturated heterocycles. The van der Waals surface area contributed by atoms with Gasteiger partial charge in [-0.25, -0.2) is 9.78 Å². The summed E-state index contributed by atoms with van der Waals surface area (Å²) in [6.45, 7) is 9.31. The van der Waals surface area contributed by atoms with Crippen LogP contribution in [-0.4, -0.2) is 32.3 Å². The molecule has 3 rings (SSSR count). The van der Waals surface area contributed by atoms with Crippen LogP contribution in [0, 0.1) is 18.8 Å². The summed E-state index contributed by atoms with van der Waals surface area (Å²) in [4.78, 5) is 28.7. The lowest BCUT2D eigenvalue weighted by Crippen LogP contribution is -2.34. The molecule has 176 valence electrons. The number of benzene rings is 2. The third kappa shape index (κ3) is 5.77. The molecular weight excluding hydrogens is 434 g/mol. The fraction of sp³-hybridized carbons (Fsp3) is 0.423. The van der Waals surface area contributed by atoms with E-state index in [0.29, 0.717) is 18.8 Å². The number of carbonyl (C=O) groups excluding carboxylic acids is 1. The summed E-state index contributed by atoms with van der Waals surface area (Å²) in [6.07, 6.45) is 1.83. The van der Waals surface area contributed by atoms with Crippen LogP contribution in [0.15, 0.2) is 36.4 Å². The van der Waals surface area contributed by atoms with Crippen molar-refractivity contribution >= 4 is 35.5 Å². The van der Waals surface area contributed by atoms with Crippen molar-refractivity contribution in [3.8, 4) is 0 Å². The van der Waals surface area contributed by atoms with E-state index < -0.39 is 5.97 Å². The molecule has 0 aliphatic heterocycles. The van der Waals surface area contributed by atoms with Gasteiger partial charge in [-0.2, -0.15) is 12.6 Å². The number of nitrogens with one attached hydrogen (secondary N) is 1. The molecule has 0 bridgehead atoms. The van der Waals surface area contributed by atoms with E-state index in [0.717, 1.165) is 46.4 Å². The lowest BCUT2D eigenvalue weighted by atomic mass is 9.97. The summed E-state index contributed by atoms with van der Waals surface area (Å²) in [5, 5.41) is 12.2. The molecule has 1 heterocycles. The molecule has 0 aliphatic carbocycles. The molecule has 1 atom stereocenters. The third-order valence-electron chi connectivity index (χ3n) is 6.00. The number of imidazole rings is 1. The van der Waals surface area contributed by atoms with Crippen molar-refractivity contribution in [1.29, 1.82) is 0 Å². The fourth-order valence-corrected chi connectivity index (χ4v) is 4.65. The molecule has 0 aliphatic rings. The highest BCUT2D eigenvalue weighted by Crippen LogP contribution is 2.24. The van der Waals surface area contributed by atoms with E-state index in [2.05, 4.69) is 41.6 Å². The lowest BCUT2D eigenvalue weighted by molar-refractivity contribution is -0.125. The number of hydrogen-bond donors (Lipinski definition) is 3. The number of fused-ring (bicyclic) bond motifs is 1. The monoisotopic (exact) mass is 467 g/mol. The van der Waals surface area contributed by atoms with Crippen LogP contribution in [0.1, 0.15) is 60.1 Å². The Morgan fingerprint density at radius 2 is 1.85 bits per heavy atom. The number of thiol groups is 1. The molecule has 1 aromatic heterocycles. The Morgan fingerprint density at radius 1 is 1.15 bits per heavy atom. The average molecular weight is 468 g/mol. The van der Waals surface area contributed by atoms with Gasteiger partial charge in [0.25, 0.3) is 0 Å².